The lowest BCUT2D eigenvalue weighted by molar-refractivity contribution is -0.139. The van der Waals surface area contributed by atoms with Crippen LogP contribution in [0.5, 0.6) is 0 Å². The smallest absolute Gasteiger partial charge is 0.133 e. The lowest BCUT2D eigenvalue weighted by atomic mass is 9.44. The molecule has 0 aromatic carbocycles. The fourth-order valence-corrected chi connectivity index (χ4v) is 7.85. The Bertz CT molecular complexity index is 534. The number of carbonyl (C=O) groups excluding carboxylic acids is 1. The second kappa shape index (κ2) is 5.20. The van der Waals surface area contributed by atoms with Gasteiger partial charge >= 0.3 is 0 Å². The van der Waals surface area contributed by atoms with E-state index in [0.29, 0.717) is 22.5 Å². The molecule has 1 heteroatoms. The molecule has 0 spiro atoms. The maximum absolute atomic E-state index is 12.0. The van der Waals surface area contributed by atoms with E-state index in [1.54, 1.807) is 0 Å². The minimum Gasteiger partial charge on any atom is -0.300 e. The number of rotatable bonds is 1. The topological polar surface area (TPSA) is 17.1 Å². The summed E-state index contributed by atoms with van der Waals surface area (Å²) < 4.78 is 0. The molecule has 4 aliphatic rings. The van der Waals surface area contributed by atoms with Crippen LogP contribution in [0.2, 0.25) is 0 Å². The average molecular weight is 315 g/mol. The van der Waals surface area contributed by atoms with Crippen LogP contribution < -0.4 is 0 Å². The van der Waals surface area contributed by atoms with Crippen molar-refractivity contribution in [3.05, 3.63) is 12.2 Å². The standard InChI is InChI=1S/C22H34O/c1-14(2)18-7-8-19-17-6-5-15-13-16(23)9-11-21(15,3)20(17)10-12-22(18,19)4/h15,17-20H,1,5-13H2,2-4H3. The van der Waals surface area contributed by atoms with Crippen molar-refractivity contribution in [3.8, 4) is 0 Å². The molecule has 0 aliphatic heterocycles. The predicted octanol–water partition coefficient (Wildman–Crippen LogP) is 5.79. The van der Waals surface area contributed by atoms with E-state index in [4.69, 9.17) is 0 Å². The van der Waals surface area contributed by atoms with Crippen molar-refractivity contribution in [2.24, 2.45) is 40.4 Å². The molecule has 0 N–H and O–H groups in total. The molecule has 4 rings (SSSR count). The summed E-state index contributed by atoms with van der Waals surface area (Å²) in [6.45, 7) is 11.7. The number of hydrogen-bond donors (Lipinski definition) is 0. The van der Waals surface area contributed by atoms with Gasteiger partial charge < -0.3 is 0 Å². The third kappa shape index (κ3) is 2.14. The SMILES string of the molecule is C=C(C)C1CCC2C3CCC4CC(=O)CCC4(C)C3CCC12C. The fraction of sp³-hybridized carbons (Fsp3) is 0.864. The summed E-state index contributed by atoms with van der Waals surface area (Å²) in [5.74, 6) is 4.71. The largest absolute Gasteiger partial charge is 0.300 e. The Labute approximate surface area is 142 Å². The lowest BCUT2D eigenvalue weighted by Crippen LogP contribution is -2.53. The second-order valence-corrected chi connectivity index (χ2v) is 9.92. The molecular weight excluding hydrogens is 280 g/mol. The van der Waals surface area contributed by atoms with Crippen molar-refractivity contribution in [2.45, 2.75) is 78.6 Å². The first kappa shape index (κ1) is 15.9. The molecule has 0 amide bonds. The van der Waals surface area contributed by atoms with Gasteiger partial charge in [0.05, 0.1) is 0 Å². The molecule has 7 atom stereocenters. The van der Waals surface area contributed by atoms with E-state index in [0.717, 1.165) is 36.5 Å². The molecule has 4 aliphatic carbocycles. The van der Waals surface area contributed by atoms with Crippen LogP contribution in [-0.2, 0) is 4.79 Å². The molecule has 0 radical (unpaired) electrons. The molecule has 0 bridgehead atoms. The van der Waals surface area contributed by atoms with Crippen LogP contribution in [0.15, 0.2) is 12.2 Å². The first-order valence-corrected chi connectivity index (χ1v) is 10.0. The molecule has 7 unspecified atom stereocenters. The predicted molar refractivity (Wildman–Crippen MR) is 95.0 cm³/mol. The first-order chi connectivity index (χ1) is 10.9. The second-order valence-electron chi connectivity index (χ2n) is 9.92. The number of Topliss-reactive ketones (excluding diaryl/α,β-unsaturated/α-hetero) is 1. The van der Waals surface area contributed by atoms with Gasteiger partial charge in [-0.05, 0) is 92.3 Å². The van der Waals surface area contributed by atoms with Gasteiger partial charge in [0, 0.05) is 12.8 Å². The summed E-state index contributed by atoms with van der Waals surface area (Å²) in [4.78, 5) is 12.0. The number of ketones is 1. The summed E-state index contributed by atoms with van der Waals surface area (Å²) in [7, 11) is 0. The lowest BCUT2D eigenvalue weighted by Gasteiger charge is -2.60. The molecule has 23 heavy (non-hydrogen) atoms. The van der Waals surface area contributed by atoms with Crippen molar-refractivity contribution >= 4 is 5.78 Å². The van der Waals surface area contributed by atoms with Crippen LogP contribution in [0.3, 0.4) is 0 Å². The van der Waals surface area contributed by atoms with Crippen LogP contribution in [0.25, 0.3) is 0 Å². The van der Waals surface area contributed by atoms with Crippen LogP contribution >= 0.6 is 0 Å². The summed E-state index contributed by atoms with van der Waals surface area (Å²) in [6, 6.07) is 0. The van der Waals surface area contributed by atoms with E-state index in [1.807, 2.05) is 0 Å². The van der Waals surface area contributed by atoms with Gasteiger partial charge in [-0.1, -0.05) is 26.0 Å². The summed E-state index contributed by atoms with van der Waals surface area (Å²) in [6.07, 6.45) is 11.2. The van der Waals surface area contributed by atoms with Crippen LogP contribution in [0.4, 0.5) is 0 Å². The van der Waals surface area contributed by atoms with Gasteiger partial charge in [0.25, 0.3) is 0 Å². The highest BCUT2D eigenvalue weighted by molar-refractivity contribution is 5.79. The molecule has 0 heterocycles. The Morgan fingerprint density at radius 2 is 1.74 bits per heavy atom. The van der Waals surface area contributed by atoms with Gasteiger partial charge in [-0.3, -0.25) is 4.79 Å². The quantitative estimate of drug-likeness (QED) is 0.560. The van der Waals surface area contributed by atoms with Gasteiger partial charge in [-0.2, -0.15) is 0 Å². The van der Waals surface area contributed by atoms with E-state index in [-0.39, 0.29) is 0 Å². The van der Waals surface area contributed by atoms with E-state index < -0.39 is 0 Å². The Morgan fingerprint density at radius 1 is 1.00 bits per heavy atom. The van der Waals surface area contributed by atoms with Gasteiger partial charge in [-0.25, -0.2) is 0 Å². The van der Waals surface area contributed by atoms with Crippen molar-refractivity contribution < 1.29 is 4.79 Å². The molecule has 0 saturated heterocycles. The summed E-state index contributed by atoms with van der Waals surface area (Å²) in [5, 5.41) is 0. The highest BCUT2D eigenvalue weighted by atomic mass is 16.1. The molecule has 0 aromatic rings. The first-order valence-electron chi connectivity index (χ1n) is 10.0. The monoisotopic (exact) mass is 314 g/mol. The Hall–Kier alpha value is -0.590. The van der Waals surface area contributed by atoms with Gasteiger partial charge in [0.2, 0.25) is 0 Å². The molecule has 0 aromatic heterocycles. The van der Waals surface area contributed by atoms with E-state index in [1.165, 1.54) is 50.5 Å². The van der Waals surface area contributed by atoms with Crippen molar-refractivity contribution in [1.82, 2.24) is 0 Å². The number of hydrogen-bond acceptors (Lipinski definition) is 1. The highest BCUT2D eigenvalue weighted by Gasteiger charge is 2.60. The highest BCUT2D eigenvalue weighted by Crippen LogP contribution is 2.67. The Morgan fingerprint density at radius 3 is 2.48 bits per heavy atom. The van der Waals surface area contributed by atoms with Gasteiger partial charge in [-0.15, -0.1) is 0 Å². The Kier molecular flexibility index (Phi) is 3.60. The Balaban J connectivity index is 1.63. The number of allylic oxidation sites excluding steroid dienone is 1. The van der Waals surface area contributed by atoms with Gasteiger partial charge in [0.1, 0.15) is 5.78 Å². The van der Waals surface area contributed by atoms with Crippen LogP contribution in [-0.4, -0.2) is 5.78 Å². The minimum absolute atomic E-state index is 0.458. The molecule has 1 nitrogen and oxygen atoms in total. The van der Waals surface area contributed by atoms with E-state index in [9.17, 15) is 4.79 Å². The molecule has 4 saturated carbocycles. The summed E-state index contributed by atoms with van der Waals surface area (Å²) in [5.41, 5.74) is 2.40. The van der Waals surface area contributed by atoms with Crippen molar-refractivity contribution in [1.29, 1.82) is 0 Å². The van der Waals surface area contributed by atoms with E-state index in [2.05, 4.69) is 27.4 Å². The number of carbonyl (C=O) groups is 1. The van der Waals surface area contributed by atoms with Crippen molar-refractivity contribution in [2.75, 3.05) is 0 Å². The minimum atomic E-state index is 0.458. The summed E-state index contributed by atoms with van der Waals surface area (Å²) >= 11 is 0. The molecule has 4 fully saturated rings. The van der Waals surface area contributed by atoms with E-state index >= 15 is 0 Å². The maximum Gasteiger partial charge on any atom is 0.133 e. The number of fused-ring (bicyclic) bond motifs is 5. The molecule has 128 valence electrons. The molecular formula is C22H34O. The van der Waals surface area contributed by atoms with Crippen LogP contribution in [0.1, 0.15) is 78.6 Å². The third-order valence-electron chi connectivity index (χ3n) is 9.08. The fourth-order valence-electron chi connectivity index (χ4n) is 7.85. The van der Waals surface area contributed by atoms with Gasteiger partial charge in [0.15, 0.2) is 0 Å². The average Bonchev–Trinajstić information content (AvgIpc) is 2.85. The third-order valence-corrected chi connectivity index (χ3v) is 9.08. The van der Waals surface area contributed by atoms with Crippen LogP contribution in [0, 0.1) is 40.4 Å². The zero-order valence-corrected chi connectivity index (χ0v) is 15.4. The van der Waals surface area contributed by atoms with Crippen molar-refractivity contribution in [3.63, 3.8) is 0 Å². The maximum atomic E-state index is 12.0. The zero-order chi connectivity index (χ0) is 16.4. The normalized spacial score (nSPS) is 52.5. The zero-order valence-electron chi connectivity index (χ0n) is 15.4.